The fraction of sp³-hybridized carbons (Fsp3) is 0.231. The van der Waals surface area contributed by atoms with E-state index in [-0.39, 0.29) is 0 Å². The maximum atomic E-state index is 8.25. The Labute approximate surface area is 178 Å². The molecule has 1 saturated carbocycles. The van der Waals surface area contributed by atoms with Gasteiger partial charge in [0.2, 0.25) is 0 Å². The van der Waals surface area contributed by atoms with Crippen LogP contribution in [-0.4, -0.2) is 25.9 Å². The zero-order chi connectivity index (χ0) is 20.9. The highest BCUT2D eigenvalue weighted by Crippen LogP contribution is 2.40. The minimum atomic E-state index is 0.398. The summed E-state index contributed by atoms with van der Waals surface area (Å²) < 4.78 is 0. The third kappa shape index (κ3) is 4.43. The average Bonchev–Trinajstić information content (AvgIpc) is 3.62. The molecule has 4 nitrogen and oxygen atoms in total. The normalized spacial score (nSPS) is 13.4. The standard InChI is InChI=1S/C26H28N4/c1-19(27)30(18-29-17-28-2)26-9-4-3-8-25(26)24-7-5-6-23(16-24)22-14-12-21(13-15-22)20-10-11-20/h3-9,12-17,20,27H,10-11,18H2,1-2H3,(H,28,29). The van der Waals surface area contributed by atoms with Crippen LogP contribution in [0, 0.1) is 5.41 Å². The van der Waals surface area contributed by atoms with Gasteiger partial charge in [-0.1, -0.05) is 60.7 Å². The molecule has 30 heavy (non-hydrogen) atoms. The van der Waals surface area contributed by atoms with E-state index < -0.39 is 0 Å². The van der Waals surface area contributed by atoms with Gasteiger partial charge in [0, 0.05) is 12.6 Å². The fourth-order valence-electron chi connectivity index (χ4n) is 3.76. The molecule has 2 N–H and O–H groups in total. The summed E-state index contributed by atoms with van der Waals surface area (Å²) in [6, 6.07) is 25.9. The number of benzene rings is 3. The fourth-order valence-corrected chi connectivity index (χ4v) is 3.76. The maximum absolute atomic E-state index is 8.25. The summed E-state index contributed by atoms with van der Waals surface area (Å²) in [4.78, 5) is 6.28. The number of amidine groups is 1. The predicted octanol–water partition coefficient (Wildman–Crippen LogP) is 5.91. The molecule has 0 saturated heterocycles. The Bertz CT molecular complexity index is 1050. The summed E-state index contributed by atoms with van der Waals surface area (Å²) >= 11 is 0. The first-order valence-electron chi connectivity index (χ1n) is 10.5. The maximum Gasteiger partial charge on any atom is 0.117 e. The second kappa shape index (κ2) is 8.95. The minimum Gasteiger partial charge on any atom is -0.379 e. The molecule has 0 aliphatic heterocycles. The van der Waals surface area contributed by atoms with Crippen molar-refractivity contribution in [3.63, 3.8) is 0 Å². The number of nitrogens with zero attached hydrogens (tertiary/aromatic N) is 2. The predicted molar refractivity (Wildman–Crippen MR) is 128 cm³/mol. The van der Waals surface area contributed by atoms with Crippen LogP contribution in [0.4, 0.5) is 5.69 Å². The van der Waals surface area contributed by atoms with E-state index in [4.69, 9.17) is 5.41 Å². The Morgan fingerprint density at radius 2 is 1.73 bits per heavy atom. The lowest BCUT2D eigenvalue weighted by Crippen LogP contribution is -2.29. The first-order chi connectivity index (χ1) is 14.7. The molecule has 4 rings (SSSR count). The van der Waals surface area contributed by atoms with Crippen molar-refractivity contribution in [2.24, 2.45) is 4.99 Å². The number of hydrogen-bond acceptors (Lipinski definition) is 2. The van der Waals surface area contributed by atoms with Gasteiger partial charge < -0.3 is 10.2 Å². The molecule has 0 heterocycles. The molecule has 0 atom stereocenters. The summed E-state index contributed by atoms with van der Waals surface area (Å²) in [6.45, 7) is 2.19. The van der Waals surface area contributed by atoms with Gasteiger partial charge in [-0.25, -0.2) is 0 Å². The van der Waals surface area contributed by atoms with Crippen molar-refractivity contribution in [3.8, 4) is 22.3 Å². The highest BCUT2D eigenvalue weighted by Gasteiger charge is 2.23. The minimum absolute atomic E-state index is 0.398. The monoisotopic (exact) mass is 396 g/mol. The van der Waals surface area contributed by atoms with Crippen molar-refractivity contribution in [2.45, 2.75) is 25.7 Å². The van der Waals surface area contributed by atoms with Crippen molar-refractivity contribution in [1.82, 2.24) is 5.32 Å². The molecule has 1 aliphatic carbocycles. The van der Waals surface area contributed by atoms with E-state index in [0.29, 0.717) is 12.5 Å². The molecule has 4 heteroatoms. The first-order valence-corrected chi connectivity index (χ1v) is 10.5. The lowest BCUT2D eigenvalue weighted by atomic mass is 9.96. The topological polar surface area (TPSA) is 51.5 Å². The van der Waals surface area contributed by atoms with Crippen LogP contribution < -0.4 is 10.2 Å². The summed E-state index contributed by atoms with van der Waals surface area (Å²) in [5, 5.41) is 11.2. The van der Waals surface area contributed by atoms with Crippen molar-refractivity contribution in [2.75, 3.05) is 18.6 Å². The number of nitrogens with one attached hydrogen (secondary N) is 2. The van der Waals surface area contributed by atoms with Gasteiger partial charge in [-0.15, -0.1) is 0 Å². The second-order valence-electron chi connectivity index (χ2n) is 7.75. The summed E-state index contributed by atoms with van der Waals surface area (Å²) in [5.74, 6) is 1.24. The molecule has 152 valence electrons. The SMILES string of the molecule is CN/C=N/CN(C(C)=N)c1ccccc1-c1cccc(-c2ccc(C3CC3)cc2)c1. The molecule has 0 radical (unpaired) electrons. The lowest BCUT2D eigenvalue weighted by molar-refractivity contribution is 0.989. The number of hydrogen-bond donors (Lipinski definition) is 2. The molecule has 0 unspecified atom stereocenters. The van der Waals surface area contributed by atoms with Gasteiger partial charge in [-0.3, -0.25) is 10.4 Å². The smallest absolute Gasteiger partial charge is 0.117 e. The zero-order valence-corrected chi connectivity index (χ0v) is 17.6. The first kappa shape index (κ1) is 19.9. The van der Waals surface area contributed by atoms with Gasteiger partial charge in [0.1, 0.15) is 6.67 Å². The molecule has 3 aromatic carbocycles. The van der Waals surface area contributed by atoms with E-state index >= 15 is 0 Å². The highest BCUT2D eigenvalue weighted by molar-refractivity contribution is 5.98. The molecule has 1 fully saturated rings. The van der Waals surface area contributed by atoms with Gasteiger partial charge in [0.05, 0.1) is 17.9 Å². The Morgan fingerprint density at radius 1 is 1.00 bits per heavy atom. The molecule has 0 amide bonds. The van der Waals surface area contributed by atoms with E-state index in [2.05, 4.69) is 71.0 Å². The van der Waals surface area contributed by atoms with Crippen LogP contribution in [-0.2, 0) is 0 Å². The van der Waals surface area contributed by atoms with E-state index in [1.165, 1.54) is 29.5 Å². The van der Waals surface area contributed by atoms with Crippen LogP contribution in [0.5, 0.6) is 0 Å². The lowest BCUT2D eigenvalue weighted by Gasteiger charge is -2.24. The van der Waals surface area contributed by atoms with Crippen LogP contribution in [0.2, 0.25) is 0 Å². The van der Waals surface area contributed by atoms with Gasteiger partial charge in [-0.2, -0.15) is 0 Å². The molecule has 0 aromatic heterocycles. The molecule has 1 aliphatic rings. The molecular weight excluding hydrogens is 368 g/mol. The quantitative estimate of drug-likeness (QED) is 0.385. The van der Waals surface area contributed by atoms with Crippen molar-refractivity contribution >= 4 is 17.9 Å². The largest absolute Gasteiger partial charge is 0.379 e. The average molecular weight is 397 g/mol. The van der Waals surface area contributed by atoms with Crippen molar-refractivity contribution in [1.29, 1.82) is 5.41 Å². The Balaban J connectivity index is 1.68. The number of anilines is 1. The molecule has 0 spiro atoms. The highest BCUT2D eigenvalue weighted by atomic mass is 15.2. The van der Waals surface area contributed by atoms with E-state index in [1.54, 1.807) is 13.3 Å². The number of aliphatic imine (C=N–C) groups is 1. The van der Waals surface area contributed by atoms with Crippen molar-refractivity contribution < 1.29 is 0 Å². The Morgan fingerprint density at radius 3 is 2.43 bits per heavy atom. The van der Waals surface area contributed by atoms with Crippen molar-refractivity contribution in [3.05, 3.63) is 78.4 Å². The second-order valence-corrected chi connectivity index (χ2v) is 7.75. The van der Waals surface area contributed by atoms with E-state index in [0.717, 1.165) is 22.7 Å². The number of para-hydroxylation sites is 1. The van der Waals surface area contributed by atoms with Gasteiger partial charge in [0.25, 0.3) is 0 Å². The molecule has 0 bridgehead atoms. The van der Waals surface area contributed by atoms with Crippen LogP contribution in [0.25, 0.3) is 22.3 Å². The molecular formula is C26H28N4. The van der Waals surface area contributed by atoms with Gasteiger partial charge in [0.15, 0.2) is 0 Å². The zero-order valence-electron chi connectivity index (χ0n) is 17.6. The molecule has 3 aromatic rings. The van der Waals surface area contributed by atoms with Crippen LogP contribution in [0.1, 0.15) is 31.2 Å². The third-order valence-electron chi connectivity index (χ3n) is 5.51. The van der Waals surface area contributed by atoms with Crippen LogP contribution >= 0.6 is 0 Å². The summed E-state index contributed by atoms with van der Waals surface area (Å²) in [5.41, 5.74) is 7.12. The Hall–Kier alpha value is -3.40. The van der Waals surface area contributed by atoms with E-state index in [1.807, 2.05) is 24.1 Å². The van der Waals surface area contributed by atoms with Gasteiger partial charge >= 0.3 is 0 Å². The summed E-state index contributed by atoms with van der Waals surface area (Å²) in [6.07, 6.45) is 4.31. The van der Waals surface area contributed by atoms with Crippen LogP contribution in [0.15, 0.2) is 77.8 Å². The van der Waals surface area contributed by atoms with E-state index in [9.17, 15) is 0 Å². The number of rotatable bonds is 7. The summed E-state index contributed by atoms with van der Waals surface area (Å²) in [7, 11) is 1.82. The third-order valence-corrected chi connectivity index (χ3v) is 5.51. The van der Waals surface area contributed by atoms with Gasteiger partial charge in [-0.05, 0) is 60.1 Å². The Kier molecular flexibility index (Phi) is 5.94. The van der Waals surface area contributed by atoms with Crippen LogP contribution in [0.3, 0.4) is 0 Å².